The molecule has 0 amide bonds. The van der Waals surface area contributed by atoms with Crippen LogP contribution in [0.5, 0.6) is 5.75 Å². The number of aromatic hydroxyl groups is 1. The third-order valence-electron chi connectivity index (χ3n) is 2.20. The van der Waals surface area contributed by atoms with Crippen LogP contribution in [-0.4, -0.2) is 23.2 Å². The molecular formula is C11H8BrNO3. The van der Waals surface area contributed by atoms with E-state index in [1.165, 1.54) is 19.4 Å². The van der Waals surface area contributed by atoms with Crippen LogP contribution in [0.4, 0.5) is 0 Å². The van der Waals surface area contributed by atoms with Gasteiger partial charge in [0.15, 0.2) is 0 Å². The second-order valence-corrected chi connectivity index (χ2v) is 4.03. The van der Waals surface area contributed by atoms with Gasteiger partial charge in [0, 0.05) is 16.1 Å². The smallest absolute Gasteiger partial charge is 0.339 e. The van der Waals surface area contributed by atoms with Gasteiger partial charge in [-0.15, -0.1) is 0 Å². The molecule has 0 radical (unpaired) electrons. The maximum absolute atomic E-state index is 11.3. The van der Waals surface area contributed by atoms with Crippen molar-refractivity contribution in [3.8, 4) is 5.75 Å². The molecule has 1 N–H and O–H groups in total. The quantitative estimate of drug-likeness (QED) is 0.816. The Kier molecular flexibility index (Phi) is 2.78. The number of aromatic nitrogens is 1. The lowest BCUT2D eigenvalue weighted by Crippen LogP contribution is -2.01. The van der Waals surface area contributed by atoms with E-state index in [-0.39, 0.29) is 5.75 Å². The maximum atomic E-state index is 11.3. The molecule has 2 aromatic rings. The highest BCUT2D eigenvalue weighted by Crippen LogP contribution is 2.29. The first kappa shape index (κ1) is 10.9. The maximum Gasteiger partial charge on any atom is 0.339 e. The Morgan fingerprint density at radius 1 is 1.50 bits per heavy atom. The number of hydrogen-bond acceptors (Lipinski definition) is 4. The predicted octanol–water partition coefficient (Wildman–Crippen LogP) is 2.49. The number of esters is 1. The molecule has 1 aromatic carbocycles. The van der Waals surface area contributed by atoms with Crippen molar-refractivity contribution in [2.45, 2.75) is 0 Å². The number of methoxy groups -OCH3 is 1. The minimum Gasteiger partial charge on any atom is -0.507 e. The molecule has 0 saturated heterocycles. The van der Waals surface area contributed by atoms with Gasteiger partial charge in [0.1, 0.15) is 5.75 Å². The van der Waals surface area contributed by atoms with E-state index in [4.69, 9.17) is 0 Å². The Hall–Kier alpha value is -1.62. The van der Waals surface area contributed by atoms with Gasteiger partial charge >= 0.3 is 5.97 Å². The molecule has 0 saturated carbocycles. The van der Waals surface area contributed by atoms with Crippen molar-refractivity contribution in [2.75, 3.05) is 7.11 Å². The molecular weight excluding hydrogens is 274 g/mol. The molecule has 4 nitrogen and oxygen atoms in total. The molecule has 0 fully saturated rings. The third kappa shape index (κ3) is 1.74. The van der Waals surface area contributed by atoms with Crippen LogP contribution < -0.4 is 0 Å². The van der Waals surface area contributed by atoms with E-state index < -0.39 is 5.97 Å². The molecule has 1 heterocycles. The van der Waals surface area contributed by atoms with E-state index in [9.17, 15) is 9.90 Å². The van der Waals surface area contributed by atoms with Crippen LogP contribution in [0.15, 0.2) is 28.9 Å². The lowest BCUT2D eigenvalue weighted by molar-refractivity contribution is 0.0600. The lowest BCUT2D eigenvalue weighted by atomic mass is 10.1. The van der Waals surface area contributed by atoms with Crippen molar-refractivity contribution in [3.63, 3.8) is 0 Å². The number of ether oxygens (including phenoxy) is 1. The van der Waals surface area contributed by atoms with Crippen molar-refractivity contribution < 1.29 is 14.6 Å². The number of phenols is 1. The molecule has 0 atom stereocenters. The van der Waals surface area contributed by atoms with Gasteiger partial charge in [0.2, 0.25) is 0 Å². The highest BCUT2D eigenvalue weighted by molar-refractivity contribution is 9.10. The number of carbonyl (C=O) groups excluding carboxylic acids is 1. The minimum atomic E-state index is -0.478. The van der Waals surface area contributed by atoms with Gasteiger partial charge in [-0.1, -0.05) is 0 Å². The Labute approximate surface area is 100.0 Å². The van der Waals surface area contributed by atoms with Crippen molar-refractivity contribution in [1.82, 2.24) is 4.98 Å². The molecule has 0 aliphatic heterocycles. The van der Waals surface area contributed by atoms with Gasteiger partial charge in [-0.3, -0.25) is 4.98 Å². The highest BCUT2D eigenvalue weighted by atomic mass is 79.9. The summed E-state index contributed by atoms with van der Waals surface area (Å²) in [7, 11) is 1.30. The monoisotopic (exact) mass is 281 g/mol. The fraction of sp³-hybridized carbons (Fsp3) is 0.0909. The molecule has 82 valence electrons. The normalized spacial score (nSPS) is 10.4. The van der Waals surface area contributed by atoms with E-state index in [0.717, 1.165) is 4.47 Å². The van der Waals surface area contributed by atoms with Crippen molar-refractivity contribution in [1.29, 1.82) is 0 Å². The topological polar surface area (TPSA) is 59.4 Å². The number of hydrogen-bond donors (Lipinski definition) is 1. The van der Waals surface area contributed by atoms with Crippen molar-refractivity contribution in [2.24, 2.45) is 0 Å². The average Bonchev–Trinajstić information content (AvgIpc) is 2.32. The molecule has 0 bridgehead atoms. The summed E-state index contributed by atoms with van der Waals surface area (Å²) in [5, 5.41) is 10.2. The summed E-state index contributed by atoms with van der Waals surface area (Å²) in [4.78, 5) is 15.4. The van der Waals surface area contributed by atoms with E-state index in [1.54, 1.807) is 12.1 Å². The number of halogens is 1. The van der Waals surface area contributed by atoms with Gasteiger partial charge < -0.3 is 9.84 Å². The lowest BCUT2D eigenvalue weighted by Gasteiger charge is -2.04. The fourth-order valence-electron chi connectivity index (χ4n) is 1.40. The number of carbonyl (C=O) groups is 1. The Bertz CT molecular complexity index is 568. The van der Waals surface area contributed by atoms with Crippen LogP contribution in [0.2, 0.25) is 0 Å². The largest absolute Gasteiger partial charge is 0.507 e. The van der Waals surface area contributed by atoms with Crippen LogP contribution in [0, 0.1) is 0 Å². The van der Waals surface area contributed by atoms with Gasteiger partial charge in [-0.2, -0.15) is 0 Å². The van der Waals surface area contributed by atoms with E-state index in [1.807, 2.05) is 0 Å². The summed E-state index contributed by atoms with van der Waals surface area (Å²) in [6.07, 6.45) is 1.42. The summed E-state index contributed by atoms with van der Waals surface area (Å²) in [5.41, 5.74) is 0.913. The van der Waals surface area contributed by atoms with E-state index >= 15 is 0 Å². The third-order valence-corrected chi connectivity index (χ3v) is 2.84. The number of benzene rings is 1. The zero-order valence-corrected chi connectivity index (χ0v) is 9.98. The molecule has 16 heavy (non-hydrogen) atoms. The molecule has 0 spiro atoms. The van der Waals surface area contributed by atoms with Crippen molar-refractivity contribution >= 4 is 32.8 Å². The number of nitrogens with zero attached hydrogens (tertiary/aromatic N) is 1. The fourth-order valence-corrected chi connectivity index (χ4v) is 1.85. The molecule has 1 aromatic heterocycles. The first-order chi connectivity index (χ1) is 7.63. The van der Waals surface area contributed by atoms with Gasteiger partial charge in [0.25, 0.3) is 0 Å². The molecule has 2 rings (SSSR count). The number of rotatable bonds is 1. The summed E-state index contributed by atoms with van der Waals surface area (Å²) in [5.74, 6) is -0.398. The van der Waals surface area contributed by atoms with Gasteiger partial charge in [-0.05, 0) is 34.1 Å². The number of pyridine rings is 1. The molecule has 5 heteroatoms. The summed E-state index contributed by atoms with van der Waals surface area (Å²) >= 11 is 3.32. The van der Waals surface area contributed by atoms with Crippen LogP contribution in [0.1, 0.15) is 10.4 Å². The Balaban J connectivity index is 2.70. The SMILES string of the molecule is COC(=O)c1cnc2c(Br)ccc(O)c2c1. The molecule has 0 aliphatic rings. The second-order valence-electron chi connectivity index (χ2n) is 3.18. The van der Waals surface area contributed by atoms with E-state index in [2.05, 4.69) is 25.7 Å². The van der Waals surface area contributed by atoms with Crippen LogP contribution in [0.25, 0.3) is 10.9 Å². The van der Waals surface area contributed by atoms with E-state index in [0.29, 0.717) is 16.5 Å². The summed E-state index contributed by atoms with van der Waals surface area (Å²) < 4.78 is 5.34. The van der Waals surface area contributed by atoms with Gasteiger partial charge in [-0.25, -0.2) is 4.79 Å². The summed E-state index contributed by atoms with van der Waals surface area (Å²) in [6, 6.07) is 4.78. The first-order valence-corrected chi connectivity index (χ1v) is 5.28. The zero-order chi connectivity index (χ0) is 11.7. The van der Waals surface area contributed by atoms with Crippen molar-refractivity contribution in [3.05, 3.63) is 34.4 Å². The Morgan fingerprint density at radius 2 is 2.25 bits per heavy atom. The average molecular weight is 282 g/mol. The van der Waals surface area contributed by atoms with Crippen LogP contribution >= 0.6 is 15.9 Å². The minimum absolute atomic E-state index is 0.0800. The zero-order valence-electron chi connectivity index (χ0n) is 8.40. The first-order valence-electron chi connectivity index (χ1n) is 4.49. The summed E-state index contributed by atoms with van der Waals surface area (Å²) in [6.45, 7) is 0. The molecule has 0 aliphatic carbocycles. The Morgan fingerprint density at radius 3 is 2.94 bits per heavy atom. The standard InChI is InChI=1S/C11H8BrNO3/c1-16-11(15)6-4-7-9(14)3-2-8(12)10(7)13-5-6/h2-5,14H,1H3. The second kappa shape index (κ2) is 4.09. The van der Waals surface area contributed by atoms with Gasteiger partial charge in [0.05, 0.1) is 18.2 Å². The predicted molar refractivity (Wildman–Crippen MR) is 62.4 cm³/mol. The number of phenolic OH excluding ortho intramolecular Hbond substituents is 1. The van der Waals surface area contributed by atoms with Crippen LogP contribution in [0.3, 0.4) is 0 Å². The highest BCUT2D eigenvalue weighted by Gasteiger charge is 2.10. The van der Waals surface area contributed by atoms with Crippen LogP contribution in [-0.2, 0) is 4.74 Å². The number of fused-ring (bicyclic) bond motifs is 1. The molecule has 0 unspecified atom stereocenters.